The van der Waals surface area contributed by atoms with Crippen molar-refractivity contribution in [3.05, 3.63) is 46.5 Å². The Morgan fingerprint density at radius 3 is 2.96 bits per heavy atom. The number of carbonyl (C=O) groups excluding carboxylic acids is 1. The van der Waals surface area contributed by atoms with Crippen molar-refractivity contribution in [3.63, 3.8) is 0 Å². The summed E-state index contributed by atoms with van der Waals surface area (Å²) >= 11 is 1.41. The average molecular weight is 345 g/mol. The molecule has 0 spiro atoms. The van der Waals surface area contributed by atoms with Gasteiger partial charge in [-0.2, -0.15) is 0 Å². The Morgan fingerprint density at radius 1 is 1.38 bits per heavy atom. The molecule has 1 aliphatic rings. The van der Waals surface area contributed by atoms with Gasteiger partial charge in [-0.05, 0) is 31.7 Å². The van der Waals surface area contributed by atoms with E-state index in [2.05, 4.69) is 27.8 Å². The maximum absolute atomic E-state index is 12.3. The number of anilines is 1. The summed E-state index contributed by atoms with van der Waals surface area (Å²) in [6, 6.07) is 10.3. The van der Waals surface area contributed by atoms with E-state index in [9.17, 15) is 4.79 Å². The van der Waals surface area contributed by atoms with E-state index < -0.39 is 0 Å². The molecule has 2 N–H and O–H groups in total. The number of hydrogen-bond acceptors (Lipinski definition) is 5. The van der Waals surface area contributed by atoms with E-state index in [4.69, 9.17) is 4.74 Å². The number of hydrogen-bond donors (Lipinski definition) is 2. The fraction of sp³-hybridized carbons (Fsp3) is 0.444. The lowest BCUT2D eigenvalue weighted by Gasteiger charge is -2.09. The third kappa shape index (κ3) is 4.55. The molecule has 24 heavy (non-hydrogen) atoms. The van der Waals surface area contributed by atoms with E-state index >= 15 is 0 Å². The van der Waals surface area contributed by atoms with Crippen LogP contribution in [0.2, 0.25) is 0 Å². The topological polar surface area (TPSA) is 63.2 Å². The van der Waals surface area contributed by atoms with Crippen LogP contribution in [0, 0.1) is 6.92 Å². The monoisotopic (exact) mass is 345 g/mol. The molecule has 0 bridgehead atoms. The van der Waals surface area contributed by atoms with Crippen LogP contribution < -0.4 is 10.6 Å². The first-order valence-corrected chi connectivity index (χ1v) is 9.19. The van der Waals surface area contributed by atoms with Crippen LogP contribution in [0.1, 0.15) is 33.8 Å². The summed E-state index contributed by atoms with van der Waals surface area (Å²) in [6.45, 7) is 4.05. The zero-order chi connectivity index (χ0) is 16.8. The number of aromatic nitrogens is 1. The van der Waals surface area contributed by atoms with E-state index in [1.54, 1.807) is 0 Å². The SMILES string of the molecule is Cc1nc(NCCc2ccccc2)sc1C(=O)NCC1CCCO1. The number of nitrogens with zero attached hydrogens (tertiary/aromatic N) is 1. The van der Waals surface area contributed by atoms with Gasteiger partial charge in [0.25, 0.3) is 5.91 Å². The van der Waals surface area contributed by atoms with Crippen molar-refractivity contribution in [2.45, 2.75) is 32.3 Å². The van der Waals surface area contributed by atoms with Crippen molar-refractivity contribution in [1.29, 1.82) is 0 Å². The van der Waals surface area contributed by atoms with Crippen LogP contribution in [-0.2, 0) is 11.2 Å². The molecule has 1 fully saturated rings. The molecule has 0 aliphatic carbocycles. The van der Waals surface area contributed by atoms with Crippen LogP contribution in [0.3, 0.4) is 0 Å². The lowest BCUT2D eigenvalue weighted by atomic mass is 10.2. The second-order valence-corrected chi connectivity index (χ2v) is 6.94. The number of rotatable bonds is 7. The maximum Gasteiger partial charge on any atom is 0.263 e. The lowest BCUT2D eigenvalue weighted by molar-refractivity contribution is 0.0860. The van der Waals surface area contributed by atoms with Crippen molar-refractivity contribution in [2.24, 2.45) is 0 Å². The second-order valence-electron chi connectivity index (χ2n) is 5.94. The first-order chi connectivity index (χ1) is 11.7. The van der Waals surface area contributed by atoms with Gasteiger partial charge in [0, 0.05) is 19.7 Å². The van der Waals surface area contributed by atoms with Gasteiger partial charge in [0.1, 0.15) is 4.88 Å². The zero-order valence-corrected chi connectivity index (χ0v) is 14.7. The second kappa shape index (κ2) is 8.26. The van der Waals surface area contributed by atoms with E-state index in [1.165, 1.54) is 16.9 Å². The number of thiazole rings is 1. The minimum atomic E-state index is -0.0587. The normalized spacial score (nSPS) is 17.0. The molecular formula is C18H23N3O2S. The van der Waals surface area contributed by atoms with E-state index in [-0.39, 0.29) is 12.0 Å². The molecule has 128 valence electrons. The minimum absolute atomic E-state index is 0.0587. The number of benzene rings is 1. The quantitative estimate of drug-likeness (QED) is 0.810. The van der Waals surface area contributed by atoms with Gasteiger partial charge in [0.15, 0.2) is 5.13 Å². The Morgan fingerprint density at radius 2 is 2.21 bits per heavy atom. The summed E-state index contributed by atoms with van der Waals surface area (Å²) in [4.78, 5) is 17.4. The molecule has 1 aromatic carbocycles. The molecule has 2 aromatic rings. The third-order valence-corrected chi connectivity index (χ3v) is 5.16. The molecular weight excluding hydrogens is 322 g/mol. The average Bonchev–Trinajstić information content (AvgIpc) is 3.23. The Kier molecular flexibility index (Phi) is 5.82. The molecule has 2 heterocycles. The predicted octanol–water partition coefficient (Wildman–Crippen LogP) is 3.01. The molecule has 1 amide bonds. The third-order valence-electron chi connectivity index (χ3n) is 4.05. The van der Waals surface area contributed by atoms with Crippen LogP contribution in [0.25, 0.3) is 0 Å². The molecule has 1 atom stereocenters. The van der Waals surface area contributed by atoms with E-state index in [0.717, 1.165) is 43.2 Å². The van der Waals surface area contributed by atoms with Gasteiger partial charge in [-0.25, -0.2) is 4.98 Å². The Labute approximate surface area is 146 Å². The van der Waals surface area contributed by atoms with Crippen molar-refractivity contribution in [3.8, 4) is 0 Å². The van der Waals surface area contributed by atoms with Crippen molar-refractivity contribution in [2.75, 3.05) is 25.0 Å². The van der Waals surface area contributed by atoms with Crippen LogP contribution in [0.15, 0.2) is 30.3 Å². The number of aryl methyl sites for hydroxylation is 1. The standard InChI is InChI=1S/C18H23N3O2S/c1-13-16(17(22)20-12-15-8-5-11-23-15)24-18(21-13)19-10-9-14-6-3-2-4-7-14/h2-4,6-7,15H,5,8-12H2,1H3,(H,19,21)(H,20,22). The smallest absolute Gasteiger partial charge is 0.263 e. The van der Waals surface area contributed by atoms with Crippen LogP contribution in [0.4, 0.5) is 5.13 Å². The van der Waals surface area contributed by atoms with Gasteiger partial charge in [-0.3, -0.25) is 4.79 Å². The van der Waals surface area contributed by atoms with Gasteiger partial charge >= 0.3 is 0 Å². The highest BCUT2D eigenvalue weighted by molar-refractivity contribution is 7.17. The highest BCUT2D eigenvalue weighted by Gasteiger charge is 2.19. The Hall–Kier alpha value is -1.92. The minimum Gasteiger partial charge on any atom is -0.376 e. The number of amides is 1. The Bertz CT molecular complexity index is 666. The van der Waals surface area contributed by atoms with Gasteiger partial charge < -0.3 is 15.4 Å². The van der Waals surface area contributed by atoms with E-state index in [0.29, 0.717) is 11.4 Å². The largest absolute Gasteiger partial charge is 0.376 e. The van der Waals surface area contributed by atoms with Crippen molar-refractivity contribution >= 4 is 22.4 Å². The zero-order valence-electron chi connectivity index (χ0n) is 13.9. The summed E-state index contributed by atoms with van der Waals surface area (Å²) in [6.07, 6.45) is 3.19. The molecule has 6 heteroatoms. The Balaban J connectivity index is 1.49. The molecule has 1 aromatic heterocycles. The highest BCUT2D eigenvalue weighted by Crippen LogP contribution is 2.22. The van der Waals surface area contributed by atoms with Gasteiger partial charge in [-0.1, -0.05) is 41.7 Å². The molecule has 3 rings (SSSR count). The van der Waals surface area contributed by atoms with Crippen LogP contribution in [-0.4, -0.2) is 36.7 Å². The number of nitrogens with one attached hydrogen (secondary N) is 2. The fourth-order valence-corrected chi connectivity index (χ4v) is 3.64. The summed E-state index contributed by atoms with van der Waals surface area (Å²) in [5.74, 6) is -0.0587. The maximum atomic E-state index is 12.3. The molecule has 1 saturated heterocycles. The number of carbonyl (C=O) groups is 1. The van der Waals surface area contributed by atoms with Crippen LogP contribution >= 0.6 is 11.3 Å². The lowest BCUT2D eigenvalue weighted by Crippen LogP contribution is -2.31. The molecule has 1 aliphatic heterocycles. The molecule has 5 nitrogen and oxygen atoms in total. The van der Waals surface area contributed by atoms with E-state index in [1.807, 2.05) is 25.1 Å². The van der Waals surface area contributed by atoms with Gasteiger partial charge in [0.2, 0.25) is 0 Å². The summed E-state index contributed by atoms with van der Waals surface area (Å²) < 4.78 is 5.53. The molecule has 1 unspecified atom stereocenters. The van der Waals surface area contributed by atoms with Gasteiger partial charge in [-0.15, -0.1) is 0 Å². The molecule has 0 radical (unpaired) electrons. The first kappa shape index (κ1) is 16.9. The van der Waals surface area contributed by atoms with Crippen molar-refractivity contribution in [1.82, 2.24) is 10.3 Å². The molecule has 0 saturated carbocycles. The predicted molar refractivity (Wildman–Crippen MR) is 96.8 cm³/mol. The van der Waals surface area contributed by atoms with Gasteiger partial charge in [0.05, 0.1) is 11.8 Å². The highest BCUT2D eigenvalue weighted by atomic mass is 32.1. The fourth-order valence-electron chi connectivity index (χ4n) is 2.73. The first-order valence-electron chi connectivity index (χ1n) is 8.37. The van der Waals surface area contributed by atoms with Crippen molar-refractivity contribution < 1.29 is 9.53 Å². The summed E-state index contributed by atoms with van der Waals surface area (Å²) in [7, 11) is 0. The summed E-state index contributed by atoms with van der Waals surface area (Å²) in [5, 5.41) is 7.06. The summed E-state index contributed by atoms with van der Waals surface area (Å²) in [5.41, 5.74) is 2.06. The number of ether oxygens (including phenoxy) is 1. The van der Waals surface area contributed by atoms with Crippen LogP contribution in [0.5, 0.6) is 0 Å².